The van der Waals surface area contributed by atoms with Crippen LogP contribution in [0.4, 0.5) is 0 Å². The van der Waals surface area contributed by atoms with E-state index in [2.05, 4.69) is 18.2 Å². The number of hydrogen-bond donors (Lipinski definition) is 2. The lowest BCUT2D eigenvalue weighted by atomic mass is 9.78. The molecule has 0 aliphatic heterocycles. The van der Waals surface area contributed by atoms with Crippen molar-refractivity contribution >= 4 is 10.8 Å². The number of methoxy groups -OCH3 is 2. The second-order valence-electron chi connectivity index (χ2n) is 8.21. The molecule has 4 aromatic carbocycles. The maximum absolute atomic E-state index is 12.1. The molecule has 4 nitrogen and oxygen atoms in total. The van der Waals surface area contributed by atoms with Crippen LogP contribution in [0.2, 0.25) is 0 Å². The topological polar surface area (TPSA) is 64.7 Å². The van der Waals surface area contributed by atoms with Crippen molar-refractivity contribution in [3.8, 4) is 11.5 Å². The molecular weight excluding hydrogens is 398 g/mol. The van der Waals surface area contributed by atoms with Crippen LogP contribution >= 0.6 is 0 Å². The lowest BCUT2D eigenvalue weighted by molar-refractivity contribution is 0.0140. The summed E-state index contributed by atoms with van der Waals surface area (Å²) < 4.78 is 10.8. The Morgan fingerprint density at radius 3 is 1.88 bits per heavy atom. The van der Waals surface area contributed by atoms with Gasteiger partial charge in [0, 0.05) is 12.8 Å². The highest BCUT2D eigenvalue weighted by molar-refractivity contribution is 5.86. The van der Waals surface area contributed by atoms with E-state index in [1.54, 1.807) is 14.2 Å². The number of hydrogen-bond acceptors (Lipinski definition) is 4. The summed E-state index contributed by atoms with van der Waals surface area (Å²) in [5.41, 5.74) is 8.48. The van der Waals surface area contributed by atoms with Crippen LogP contribution < -0.4 is 15.2 Å². The van der Waals surface area contributed by atoms with Crippen molar-refractivity contribution in [3.05, 3.63) is 108 Å². The summed E-state index contributed by atoms with van der Waals surface area (Å²) in [5.74, 6) is 1.51. The molecule has 0 unspecified atom stereocenters. The summed E-state index contributed by atoms with van der Waals surface area (Å²) >= 11 is 0. The molecule has 0 aliphatic carbocycles. The first-order chi connectivity index (χ1) is 15.5. The van der Waals surface area contributed by atoms with E-state index in [0.717, 1.165) is 39.0 Å². The minimum atomic E-state index is -1.23. The van der Waals surface area contributed by atoms with Crippen molar-refractivity contribution < 1.29 is 14.6 Å². The van der Waals surface area contributed by atoms with Gasteiger partial charge in [-0.15, -0.1) is 0 Å². The summed E-state index contributed by atoms with van der Waals surface area (Å²) in [5, 5.41) is 14.3. The second kappa shape index (κ2) is 9.43. The molecule has 1 atom stereocenters. The number of rotatable bonds is 8. The minimum absolute atomic E-state index is 0.381. The van der Waals surface area contributed by atoms with Gasteiger partial charge in [-0.3, -0.25) is 0 Å². The fourth-order valence-electron chi connectivity index (χ4n) is 4.37. The second-order valence-corrected chi connectivity index (χ2v) is 8.21. The molecule has 0 heterocycles. The SMILES string of the molecule is COc1cccc(CC(O)(Cc2cccc(OC)c2)[C@H](N)c2cccc3ccccc23)c1. The van der Waals surface area contributed by atoms with E-state index < -0.39 is 11.6 Å². The van der Waals surface area contributed by atoms with Gasteiger partial charge in [-0.25, -0.2) is 0 Å². The first kappa shape index (κ1) is 21.9. The molecule has 4 heteroatoms. The monoisotopic (exact) mass is 427 g/mol. The Labute approximate surface area is 189 Å². The number of ether oxygens (including phenoxy) is 2. The summed E-state index contributed by atoms with van der Waals surface area (Å²) in [7, 11) is 3.28. The molecule has 4 aromatic rings. The van der Waals surface area contributed by atoms with Gasteiger partial charge in [-0.1, -0.05) is 66.7 Å². The van der Waals surface area contributed by atoms with E-state index in [1.165, 1.54) is 0 Å². The van der Waals surface area contributed by atoms with Crippen LogP contribution in [-0.2, 0) is 12.8 Å². The fourth-order valence-corrected chi connectivity index (χ4v) is 4.37. The van der Waals surface area contributed by atoms with Gasteiger partial charge in [0.1, 0.15) is 11.5 Å². The van der Waals surface area contributed by atoms with Gasteiger partial charge >= 0.3 is 0 Å². The molecule has 0 aliphatic rings. The average molecular weight is 428 g/mol. The van der Waals surface area contributed by atoms with Crippen molar-refractivity contribution in [1.82, 2.24) is 0 Å². The molecule has 164 valence electrons. The van der Waals surface area contributed by atoms with Crippen LogP contribution in [0.15, 0.2) is 91.0 Å². The minimum Gasteiger partial charge on any atom is -0.497 e. The highest BCUT2D eigenvalue weighted by Crippen LogP contribution is 2.35. The van der Waals surface area contributed by atoms with Crippen molar-refractivity contribution in [3.63, 3.8) is 0 Å². The van der Waals surface area contributed by atoms with Crippen LogP contribution in [0, 0.1) is 0 Å². The predicted octanol–water partition coefficient (Wildman–Crippen LogP) is 5.07. The van der Waals surface area contributed by atoms with Gasteiger partial charge in [0.25, 0.3) is 0 Å². The fraction of sp³-hybridized carbons (Fsp3) is 0.214. The lowest BCUT2D eigenvalue weighted by Gasteiger charge is -2.35. The van der Waals surface area contributed by atoms with Crippen LogP contribution in [-0.4, -0.2) is 24.9 Å². The Bertz CT molecular complexity index is 1150. The van der Waals surface area contributed by atoms with Crippen molar-refractivity contribution in [2.24, 2.45) is 5.73 Å². The maximum atomic E-state index is 12.1. The maximum Gasteiger partial charge on any atom is 0.119 e. The van der Waals surface area contributed by atoms with E-state index in [4.69, 9.17) is 15.2 Å². The molecular formula is C28H29NO3. The van der Waals surface area contributed by atoms with Crippen LogP contribution in [0.1, 0.15) is 22.7 Å². The zero-order valence-electron chi connectivity index (χ0n) is 18.5. The molecule has 0 radical (unpaired) electrons. The van der Waals surface area contributed by atoms with Crippen LogP contribution in [0.3, 0.4) is 0 Å². The molecule has 0 spiro atoms. The molecule has 0 saturated carbocycles. The van der Waals surface area contributed by atoms with Crippen molar-refractivity contribution in [2.75, 3.05) is 14.2 Å². The average Bonchev–Trinajstić information content (AvgIpc) is 2.83. The zero-order chi connectivity index (χ0) is 22.6. The van der Waals surface area contributed by atoms with Gasteiger partial charge in [0.15, 0.2) is 0 Å². The summed E-state index contributed by atoms with van der Waals surface area (Å²) in [6.45, 7) is 0. The third-order valence-electron chi connectivity index (χ3n) is 6.03. The molecule has 0 fully saturated rings. The molecule has 4 rings (SSSR count). The Hall–Kier alpha value is -3.34. The summed E-state index contributed by atoms with van der Waals surface area (Å²) in [6.07, 6.45) is 0.762. The Morgan fingerprint density at radius 2 is 1.28 bits per heavy atom. The van der Waals surface area contributed by atoms with Gasteiger partial charge in [-0.2, -0.15) is 0 Å². The first-order valence-electron chi connectivity index (χ1n) is 10.7. The lowest BCUT2D eigenvalue weighted by Crippen LogP contribution is -2.45. The summed E-state index contributed by atoms with van der Waals surface area (Å²) in [4.78, 5) is 0. The molecule has 0 aromatic heterocycles. The van der Waals surface area contributed by atoms with Gasteiger partial charge < -0.3 is 20.3 Å². The Kier molecular flexibility index (Phi) is 6.45. The standard InChI is InChI=1S/C28H29NO3/c1-31-23-12-5-8-20(16-23)18-28(30,19-21-9-6-13-24(17-21)32-2)27(29)26-15-7-11-22-10-3-4-14-25(22)26/h3-17,27,30H,18-19,29H2,1-2H3/t27-/m1/s1. The molecule has 3 N–H and O–H groups in total. The highest BCUT2D eigenvalue weighted by Gasteiger charge is 2.37. The Morgan fingerprint density at radius 1 is 0.750 bits per heavy atom. The van der Waals surface area contributed by atoms with Gasteiger partial charge in [0.05, 0.1) is 25.9 Å². The zero-order valence-corrected chi connectivity index (χ0v) is 18.5. The third kappa shape index (κ3) is 4.62. The van der Waals surface area contributed by atoms with E-state index in [-0.39, 0.29) is 0 Å². The largest absolute Gasteiger partial charge is 0.497 e. The smallest absolute Gasteiger partial charge is 0.119 e. The van der Waals surface area contributed by atoms with Gasteiger partial charge in [0.2, 0.25) is 0 Å². The molecule has 32 heavy (non-hydrogen) atoms. The predicted molar refractivity (Wildman–Crippen MR) is 129 cm³/mol. The number of benzene rings is 4. The normalized spacial score (nSPS) is 12.5. The summed E-state index contributed by atoms with van der Waals surface area (Å²) in [6, 6.07) is 29.2. The third-order valence-corrected chi connectivity index (χ3v) is 6.03. The molecule has 0 amide bonds. The Balaban J connectivity index is 1.77. The molecule has 0 bridgehead atoms. The molecule has 0 saturated heterocycles. The van der Waals surface area contributed by atoms with E-state index in [0.29, 0.717) is 12.8 Å². The first-order valence-corrected chi connectivity index (χ1v) is 10.7. The van der Waals surface area contributed by atoms with E-state index in [1.807, 2.05) is 72.8 Å². The number of nitrogens with two attached hydrogens (primary N) is 1. The number of fused-ring (bicyclic) bond motifs is 1. The van der Waals surface area contributed by atoms with Gasteiger partial charge in [-0.05, 0) is 51.7 Å². The number of aliphatic hydroxyl groups is 1. The van der Waals surface area contributed by atoms with Crippen LogP contribution in [0.25, 0.3) is 10.8 Å². The van der Waals surface area contributed by atoms with Crippen molar-refractivity contribution in [2.45, 2.75) is 24.5 Å². The quantitative estimate of drug-likeness (QED) is 0.412. The van der Waals surface area contributed by atoms with Crippen molar-refractivity contribution in [1.29, 1.82) is 0 Å². The van der Waals surface area contributed by atoms with Crippen LogP contribution in [0.5, 0.6) is 11.5 Å². The highest BCUT2D eigenvalue weighted by atomic mass is 16.5. The van der Waals surface area contributed by atoms with E-state index in [9.17, 15) is 5.11 Å². The van der Waals surface area contributed by atoms with E-state index >= 15 is 0 Å².